The molecule has 0 spiro atoms. The van der Waals surface area contributed by atoms with Crippen molar-refractivity contribution in [2.45, 2.75) is 70.8 Å². The maximum Gasteiger partial charge on any atom is 0.338 e. The quantitative estimate of drug-likeness (QED) is 0.467. The highest BCUT2D eigenvalue weighted by molar-refractivity contribution is 6.79. The maximum atomic E-state index is 12.2. The molecule has 118 valence electrons. The first-order chi connectivity index (χ1) is 9.88. The second-order valence-corrected chi connectivity index (χ2v) is 12.2. The van der Waals surface area contributed by atoms with Crippen LogP contribution in [0.1, 0.15) is 51.4 Å². The molecule has 0 unspecified atom stereocenters. The third-order valence-electron chi connectivity index (χ3n) is 4.89. The predicted molar refractivity (Wildman–Crippen MR) is 92.6 cm³/mol. The van der Waals surface area contributed by atoms with Crippen LogP contribution in [-0.4, -0.2) is 19.6 Å². The average Bonchev–Trinajstić information content (AvgIpc) is 2.50. The van der Waals surface area contributed by atoms with Gasteiger partial charge >= 0.3 is 5.97 Å². The Kier molecular flexibility index (Phi) is 6.66. The third-order valence-corrected chi connectivity index (χ3v) is 10.7. The molecule has 0 N–H and O–H groups in total. The van der Waals surface area contributed by atoms with Crippen molar-refractivity contribution in [1.29, 1.82) is 0 Å². The first kappa shape index (κ1) is 18.0. The average molecular weight is 307 g/mol. The van der Waals surface area contributed by atoms with Crippen LogP contribution in [0.15, 0.2) is 30.3 Å². The minimum absolute atomic E-state index is 0.211. The number of ether oxygens (including phenoxy) is 1. The molecule has 21 heavy (non-hydrogen) atoms. The SMILES string of the molecule is CC[Si](CC)(CC)CCC(C)(C)OC(=O)c1ccccc1. The highest BCUT2D eigenvalue weighted by atomic mass is 28.3. The summed E-state index contributed by atoms with van der Waals surface area (Å²) in [5, 5.41) is 0. The van der Waals surface area contributed by atoms with E-state index in [1.165, 1.54) is 24.2 Å². The van der Waals surface area contributed by atoms with Crippen LogP contribution in [-0.2, 0) is 4.74 Å². The normalized spacial score (nSPS) is 12.2. The molecule has 0 radical (unpaired) electrons. The molecule has 0 bridgehead atoms. The summed E-state index contributed by atoms with van der Waals surface area (Å²) < 4.78 is 5.74. The number of benzene rings is 1. The van der Waals surface area contributed by atoms with Crippen molar-refractivity contribution >= 4 is 14.0 Å². The lowest BCUT2D eigenvalue weighted by Crippen LogP contribution is -2.36. The maximum absolute atomic E-state index is 12.2. The molecule has 3 heteroatoms. The summed E-state index contributed by atoms with van der Waals surface area (Å²) in [4.78, 5) is 12.2. The number of hydrogen-bond donors (Lipinski definition) is 0. The molecule has 0 amide bonds. The van der Waals surface area contributed by atoms with E-state index in [0.29, 0.717) is 5.56 Å². The van der Waals surface area contributed by atoms with Gasteiger partial charge in [-0.05, 0) is 32.4 Å². The van der Waals surface area contributed by atoms with E-state index in [4.69, 9.17) is 4.74 Å². The lowest BCUT2D eigenvalue weighted by atomic mass is 10.1. The fourth-order valence-electron chi connectivity index (χ4n) is 2.78. The zero-order valence-corrected chi connectivity index (χ0v) is 15.2. The monoisotopic (exact) mass is 306 g/mol. The van der Waals surface area contributed by atoms with Crippen LogP contribution >= 0.6 is 0 Å². The smallest absolute Gasteiger partial charge is 0.338 e. The summed E-state index contributed by atoms with van der Waals surface area (Å²) >= 11 is 0. The summed E-state index contributed by atoms with van der Waals surface area (Å²) in [6.45, 7) is 11.0. The minimum Gasteiger partial charge on any atom is -0.456 e. The minimum atomic E-state index is -1.15. The van der Waals surface area contributed by atoms with Gasteiger partial charge in [-0.1, -0.05) is 63.1 Å². The van der Waals surface area contributed by atoms with Crippen molar-refractivity contribution in [2.75, 3.05) is 0 Å². The van der Waals surface area contributed by atoms with Gasteiger partial charge in [-0.25, -0.2) is 4.79 Å². The molecule has 2 nitrogen and oxygen atoms in total. The Morgan fingerprint density at radius 2 is 1.57 bits per heavy atom. The topological polar surface area (TPSA) is 26.3 Å². The van der Waals surface area contributed by atoms with Crippen LogP contribution in [0.4, 0.5) is 0 Å². The summed E-state index contributed by atoms with van der Waals surface area (Å²) in [7, 11) is -1.15. The van der Waals surface area contributed by atoms with Crippen LogP contribution in [0.2, 0.25) is 24.2 Å². The number of rotatable bonds is 8. The zero-order valence-electron chi connectivity index (χ0n) is 14.2. The molecule has 0 fully saturated rings. The molecule has 1 aromatic carbocycles. The van der Waals surface area contributed by atoms with E-state index < -0.39 is 8.07 Å². The fourth-order valence-corrected chi connectivity index (χ4v) is 6.47. The second kappa shape index (κ2) is 7.78. The van der Waals surface area contributed by atoms with Gasteiger partial charge in [-0.15, -0.1) is 0 Å². The molecule has 1 rings (SSSR count). The van der Waals surface area contributed by atoms with E-state index in [1.807, 2.05) is 44.2 Å². The molecular weight excluding hydrogens is 276 g/mol. The Hall–Kier alpha value is -1.09. The molecule has 1 aromatic rings. The van der Waals surface area contributed by atoms with Gasteiger partial charge in [0.15, 0.2) is 0 Å². The van der Waals surface area contributed by atoms with Crippen molar-refractivity contribution in [1.82, 2.24) is 0 Å². The molecule has 0 saturated carbocycles. The van der Waals surface area contributed by atoms with Crippen LogP contribution in [0.5, 0.6) is 0 Å². The Labute approximate surface area is 130 Å². The molecule has 0 atom stereocenters. The third kappa shape index (κ3) is 5.31. The van der Waals surface area contributed by atoms with E-state index >= 15 is 0 Å². The van der Waals surface area contributed by atoms with Gasteiger partial charge in [0.05, 0.1) is 13.6 Å². The number of carbonyl (C=O) groups excluding carboxylic acids is 1. The van der Waals surface area contributed by atoms with Gasteiger partial charge in [0.25, 0.3) is 0 Å². The van der Waals surface area contributed by atoms with Crippen LogP contribution in [0.25, 0.3) is 0 Å². The van der Waals surface area contributed by atoms with Crippen LogP contribution in [0, 0.1) is 0 Å². The lowest BCUT2D eigenvalue weighted by Gasteiger charge is -2.33. The van der Waals surface area contributed by atoms with E-state index in [1.54, 1.807) is 0 Å². The summed E-state index contributed by atoms with van der Waals surface area (Å²) in [5.74, 6) is -0.211. The Bertz CT molecular complexity index is 428. The van der Waals surface area contributed by atoms with E-state index in [-0.39, 0.29) is 11.6 Å². The van der Waals surface area contributed by atoms with Gasteiger partial charge < -0.3 is 4.74 Å². The van der Waals surface area contributed by atoms with E-state index in [9.17, 15) is 4.79 Å². The molecular formula is C18H30O2Si. The number of carbonyl (C=O) groups is 1. The van der Waals surface area contributed by atoms with Crippen molar-refractivity contribution in [3.8, 4) is 0 Å². The highest BCUT2D eigenvalue weighted by Crippen LogP contribution is 2.31. The summed E-state index contributed by atoms with van der Waals surface area (Å²) in [6, 6.07) is 14.5. The Balaban J connectivity index is 2.63. The van der Waals surface area contributed by atoms with Crippen molar-refractivity contribution in [2.24, 2.45) is 0 Å². The first-order valence-electron chi connectivity index (χ1n) is 8.16. The largest absolute Gasteiger partial charge is 0.456 e. The Morgan fingerprint density at radius 1 is 1.05 bits per heavy atom. The Morgan fingerprint density at radius 3 is 2.05 bits per heavy atom. The zero-order chi connectivity index (χ0) is 15.9. The van der Waals surface area contributed by atoms with Crippen LogP contribution in [0.3, 0.4) is 0 Å². The lowest BCUT2D eigenvalue weighted by molar-refractivity contribution is -0.00259. The van der Waals surface area contributed by atoms with Crippen molar-refractivity contribution in [3.05, 3.63) is 35.9 Å². The fraction of sp³-hybridized carbons (Fsp3) is 0.611. The second-order valence-electron chi connectivity index (χ2n) is 6.58. The molecule has 0 aliphatic rings. The first-order valence-corrected chi connectivity index (χ1v) is 11.0. The van der Waals surface area contributed by atoms with Gasteiger partial charge in [0.2, 0.25) is 0 Å². The standard InChI is InChI=1S/C18H30O2Si/c1-6-21(7-2,8-3)15-14-18(4,5)20-17(19)16-12-10-9-11-13-16/h9-13H,6-8,14-15H2,1-5H3. The van der Waals surface area contributed by atoms with Crippen molar-refractivity contribution in [3.63, 3.8) is 0 Å². The van der Waals surface area contributed by atoms with Gasteiger partial charge in [0.1, 0.15) is 5.60 Å². The molecule has 0 aliphatic carbocycles. The van der Waals surface area contributed by atoms with Gasteiger partial charge in [-0.3, -0.25) is 0 Å². The molecule has 0 heterocycles. The molecule has 0 aliphatic heterocycles. The number of esters is 1. The van der Waals surface area contributed by atoms with Gasteiger partial charge in [0, 0.05) is 0 Å². The van der Waals surface area contributed by atoms with Crippen LogP contribution < -0.4 is 0 Å². The summed E-state index contributed by atoms with van der Waals surface area (Å²) in [5.41, 5.74) is 0.251. The molecule has 0 saturated heterocycles. The highest BCUT2D eigenvalue weighted by Gasteiger charge is 2.31. The van der Waals surface area contributed by atoms with Crippen molar-refractivity contribution < 1.29 is 9.53 Å². The van der Waals surface area contributed by atoms with E-state index in [0.717, 1.165) is 6.42 Å². The molecule has 0 aromatic heterocycles. The number of hydrogen-bond acceptors (Lipinski definition) is 2. The van der Waals surface area contributed by atoms with E-state index in [2.05, 4.69) is 20.8 Å². The predicted octanol–water partition coefficient (Wildman–Crippen LogP) is 5.52. The van der Waals surface area contributed by atoms with Gasteiger partial charge in [-0.2, -0.15) is 0 Å². The summed E-state index contributed by atoms with van der Waals surface area (Å²) in [6.07, 6.45) is 0.966.